The van der Waals surface area contributed by atoms with Crippen LogP contribution in [0.2, 0.25) is 0 Å². The normalized spacial score (nSPS) is 23.8. The largest absolute Gasteiger partial charge is 0.352 e. The molecule has 3 N–H and O–H groups in total. The second-order valence-electron chi connectivity index (χ2n) is 6.26. The van der Waals surface area contributed by atoms with E-state index in [0.29, 0.717) is 6.04 Å². The number of rotatable bonds is 6. The Labute approximate surface area is 126 Å². The molecule has 1 aromatic rings. The van der Waals surface area contributed by atoms with Gasteiger partial charge in [0.1, 0.15) is 6.54 Å². The molecule has 21 heavy (non-hydrogen) atoms. The van der Waals surface area contributed by atoms with E-state index in [1.807, 2.05) is 0 Å². The molecule has 1 aliphatic rings. The first kappa shape index (κ1) is 15.9. The Morgan fingerprint density at radius 1 is 1.48 bits per heavy atom. The number of carbonyl (C=O) groups is 1. The zero-order valence-corrected chi connectivity index (χ0v) is 13.1. The number of carbonyl (C=O) groups excluding carboxylic acids is 1. The molecule has 6 nitrogen and oxygen atoms in total. The van der Waals surface area contributed by atoms with Crippen LogP contribution in [0, 0.1) is 5.92 Å². The van der Waals surface area contributed by atoms with Gasteiger partial charge >= 0.3 is 0 Å². The molecule has 0 radical (unpaired) electrons. The molecule has 0 bridgehead atoms. The van der Waals surface area contributed by atoms with E-state index in [4.69, 9.17) is 5.73 Å². The number of nitrogens with two attached hydrogens (primary N) is 1. The average molecular weight is 293 g/mol. The van der Waals surface area contributed by atoms with Crippen LogP contribution in [0.1, 0.15) is 64.1 Å². The lowest BCUT2D eigenvalue weighted by Crippen LogP contribution is -2.39. The molecule has 1 fully saturated rings. The third-order valence-corrected chi connectivity index (χ3v) is 4.22. The first-order valence-corrected chi connectivity index (χ1v) is 8.03. The molecule has 1 heterocycles. The lowest BCUT2D eigenvalue weighted by Gasteiger charge is -2.26. The predicted molar refractivity (Wildman–Crippen MR) is 81.4 cm³/mol. The lowest BCUT2D eigenvalue weighted by molar-refractivity contribution is -0.122. The Kier molecular flexibility index (Phi) is 5.73. The quantitative estimate of drug-likeness (QED) is 0.837. The van der Waals surface area contributed by atoms with E-state index in [1.165, 1.54) is 12.8 Å². The Morgan fingerprint density at radius 3 is 2.86 bits per heavy atom. The van der Waals surface area contributed by atoms with Crippen LogP contribution in [-0.4, -0.2) is 26.9 Å². The smallest absolute Gasteiger partial charge is 0.242 e. The van der Waals surface area contributed by atoms with Crippen molar-refractivity contribution in [3.05, 3.63) is 11.9 Å². The lowest BCUT2D eigenvalue weighted by atomic mass is 9.87. The van der Waals surface area contributed by atoms with Crippen LogP contribution in [-0.2, 0) is 11.3 Å². The summed E-state index contributed by atoms with van der Waals surface area (Å²) < 4.78 is 1.58. The van der Waals surface area contributed by atoms with E-state index in [9.17, 15) is 4.79 Å². The standard InChI is InChI=1S/C15H27N5O/c1-3-4-13(16)14-9-20(19-18-14)10-15(21)17-12-7-5-11(2)6-8-12/h9,11-13H,3-8,10,16H2,1-2H3,(H,17,21). The fourth-order valence-corrected chi connectivity index (χ4v) is 2.84. The Hall–Kier alpha value is -1.43. The van der Waals surface area contributed by atoms with Crippen molar-refractivity contribution in [2.45, 2.75) is 71.0 Å². The van der Waals surface area contributed by atoms with E-state index in [0.717, 1.165) is 37.3 Å². The molecule has 1 amide bonds. The fraction of sp³-hybridized carbons (Fsp3) is 0.800. The summed E-state index contributed by atoms with van der Waals surface area (Å²) in [7, 11) is 0. The van der Waals surface area contributed by atoms with Gasteiger partial charge in [-0.05, 0) is 38.0 Å². The predicted octanol–water partition coefficient (Wildman–Crippen LogP) is 1.77. The van der Waals surface area contributed by atoms with Gasteiger partial charge in [0.05, 0.1) is 17.9 Å². The van der Waals surface area contributed by atoms with Gasteiger partial charge in [-0.1, -0.05) is 25.5 Å². The van der Waals surface area contributed by atoms with E-state index >= 15 is 0 Å². The van der Waals surface area contributed by atoms with E-state index in [2.05, 4.69) is 29.5 Å². The number of amides is 1. The molecular formula is C15H27N5O. The van der Waals surface area contributed by atoms with Crippen LogP contribution in [0.15, 0.2) is 6.20 Å². The second-order valence-corrected chi connectivity index (χ2v) is 6.26. The number of aromatic nitrogens is 3. The fourth-order valence-electron chi connectivity index (χ4n) is 2.84. The van der Waals surface area contributed by atoms with Crippen LogP contribution in [0.3, 0.4) is 0 Å². The van der Waals surface area contributed by atoms with Gasteiger partial charge in [0.2, 0.25) is 5.91 Å². The van der Waals surface area contributed by atoms with Gasteiger partial charge in [0.15, 0.2) is 0 Å². The van der Waals surface area contributed by atoms with Gasteiger partial charge in [0.25, 0.3) is 0 Å². The molecule has 0 spiro atoms. The molecule has 2 rings (SSSR count). The van der Waals surface area contributed by atoms with Gasteiger partial charge in [-0.2, -0.15) is 0 Å². The van der Waals surface area contributed by atoms with Crippen LogP contribution in [0.4, 0.5) is 0 Å². The van der Waals surface area contributed by atoms with Crippen molar-refractivity contribution in [3.8, 4) is 0 Å². The van der Waals surface area contributed by atoms with Crippen molar-refractivity contribution >= 4 is 5.91 Å². The SMILES string of the molecule is CCCC(N)c1cn(CC(=O)NC2CCC(C)CC2)nn1. The molecule has 1 aliphatic carbocycles. The Bertz CT molecular complexity index is 451. The van der Waals surface area contributed by atoms with Gasteiger partial charge in [-0.3, -0.25) is 4.79 Å². The summed E-state index contributed by atoms with van der Waals surface area (Å²) in [6, 6.07) is 0.227. The van der Waals surface area contributed by atoms with Gasteiger partial charge in [-0.25, -0.2) is 4.68 Å². The monoisotopic (exact) mass is 293 g/mol. The number of hydrogen-bond donors (Lipinski definition) is 2. The van der Waals surface area contributed by atoms with Gasteiger partial charge in [0, 0.05) is 6.04 Å². The first-order valence-electron chi connectivity index (χ1n) is 8.03. The van der Waals surface area contributed by atoms with Crippen molar-refractivity contribution in [1.82, 2.24) is 20.3 Å². The van der Waals surface area contributed by atoms with E-state index in [1.54, 1.807) is 10.9 Å². The highest BCUT2D eigenvalue weighted by Crippen LogP contribution is 2.23. The second kappa shape index (κ2) is 7.54. The first-order chi connectivity index (χ1) is 10.1. The highest BCUT2D eigenvalue weighted by atomic mass is 16.2. The minimum absolute atomic E-state index is 0.00932. The molecule has 0 aromatic carbocycles. The maximum atomic E-state index is 12.0. The molecule has 1 atom stereocenters. The Balaban J connectivity index is 1.80. The van der Waals surface area contributed by atoms with Crippen molar-refractivity contribution in [2.75, 3.05) is 0 Å². The number of hydrogen-bond acceptors (Lipinski definition) is 4. The van der Waals surface area contributed by atoms with Gasteiger partial charge in [-0.15, -0.1) is 5.10 Å². The minimum atomic E-state index is -0.0911. The summed E-state index contributed by atoms with van der Waals surface area (Å²) in [4.78, 5) is 12.0. The third-order valence-electron chi connectivity index (χ3n) is 4.22. The topological polar surface area (TPSA) is 85.8 Å². The summed E-state index contributed by atoms with van der Waals surface area (Å²) in [5.41, 5.74) is 6.76. The van der Waals surface area contributed by atoms with Crippen LogP contribution < -0.4 is 11.1 Å². The van der Waals surface area contributed by atoms with Gasteiger partial charge < -0.3 is 11.1 Å². The van der Waals surface area contributed by atoms with Crippen LogP contribution in [0.25, 0.3) is 0 Å². The number of nitrogens with one attached hydrogen (secondary N) is 1. The number of nitrogens with zero attached hydrogens (tertiary/aromatic N) is 3. The van der Waals surface area contributed by atoms with Crippen molar-refractivity contribution in [3.63, 3.8) is 0 Å². The van der Waals surface area contributed by atoms with Crippen molar-refractivity contribution in [1.29, 1.82) is 0 Å². The molecule has 1 saturated carbocycles. The van der Waals surface area contributed by atoms with Crippen molar-refractivity contribution < 1.29 is 4.79 Å². The summed E-state index contributed by atoms with van der Waals surface area (Å²) in [5.74, 6) is 0.797. The zero-order chi connectivity index (χ0) is 15.2. The molecule has 0 aliphatic heterocycles. The highest BCUT2D eigenvalue weighted by Gasteiger charge is 2.20. The molecule has 1 unspecified atom stereocenters. The molecule has 6 heteroatoms. The van der Waals surface area contributed by atoms with E-state index in [-0.39, 0.29) is 18.5 Å². The van der Waals surface area contributed by atoms with Crippen LogP contribution in [0.5, 0.6) is 0 Å². The molecule has 1 aromatic heterocycles. The molecular weight excluding hydrogens is 266 g/mol. The van der Waals surface area contributed by atoms with Crippen molar-refractivity contribution in [2.24, 2.45) is 11.7 Å². The Morgan fingerprint density at radius 2 is 2.19 bits per heavy atom. The zero-order valence-electron chi connectivity index (χ0n) is 13.1. The van der Waals surface area contributed by atoms with Crippen LogP contribution >= 0.6 is 0 Å². The summed E-state index contributed by atoms with van der Waals surface area (Å²) in [6.45, 7) is 4.58. The maximum Gasteiger partial charge on any atom is 0.242 e. The minimum Gasteiger partial charge on any atom is -0.352 e. The molecule has 118 valence electrons. The maximum absolute atomic E-state index is 12.0. The summed E-state index contributed by atoms with van der Waals surface area (Å²) >= 11 is 0. The average Bonchev–Trinajstić information content (AvgIpc) is 2.90. The summed E-state index contributed by atoms with van der Waals surface area (Å²) in [6.07, 6.45) is 8.23. The third kappa shape index (κ3) is 4.81. The molecule has 0 saturated heterocycles. The highest BCUT2D eigenvalue weighted by molar-refractivity contribution is 5.75. The summed E-state index contributed by atoms with van der Waals surface area (Å²) in [5, 5.41) is 11.1. The van der Waals surface area contributed by atoms with E-state index < -0.39 is 0 Å².